The van der Waals surface area contributed by atoms with E-state index in [9.17, 15) is 4.79 Å². The third-order valence-electron chi connectivity index (χ3n) is 6.15. The Morgan fingerprint density at radius 2 is 1.64 bits per heavy atom. The Labute approximate surface area is 130 Å². The zero-order valence-corrected chi connectivity index (χ0v) is 12.6. The van der Waals surface area contributed by atoms with Gasteiger partial charge in [0.2, 0.25) is 12.7 Å². The summed E-state index contributed by atoms with van der Waals surface area (Å²) in [4.78, 5) is 13.0. The van der Waals surface area contributed by atoms with Gasteiger partial charge in [0.25, 0.3) is 0 Å². The lowest BCUT2D eigenvalue weighted by molar-refractivity contribution is -0.140. The largest absolute Gasteiger partial charge is 0.454 e. The summed E-state index contributed by atoms with van der Waals surface area (Å²) in [6.07, 6.45) is 7.35. The van der Waals surface area contributed by atoms with Crippen LogP contribution >= 0.6 is 0 Å². The molecule has 1 aromatic rings. The van der Waals surface area contributed by atoms with Crippen LogP contribution in [0.4, 0.5) is 5.69 Å². The Hall–Kier alpha value is -1.71. The fourth-order valence-electron chi connectivity index (χ4n) is 5.63. The highest BCUT2D eigenvalue weighted by Crippen LogP contribution is 2.60. The van der Waals surface area contributed by atoms with E-state index in [-0.39, 0.29) is 18.1 Å². The summed E-state index contributed by atoms with van der Waals surface area (Å²) in [6, 6.07) is 5.66. The second kappa shape index (κ2) is 4.40. The number of nitrogens with one attached hydrogen (secondary N) is 1. The van der Waals surface area contributed by atoms with Crippen LogP contribution in [0.2, 0.25) is 0 Å². The van der Waals surface area contributed by atoms with Gasteiger partial charge < -0.3 is 14.8 Å². The first kappa shape index (κ1) is 12.8. The molecule has 0 saturated heterocycles. The molecule has 1 heterocycles. The van der Waals surface area contributed by atoms with Gasteiger partial charge in [-0.1, -0.05) is 0 Å². The zero-order chi connectivity index (χ0) is 14.7. The summed E-state index contributed by atoms with van der Waals surface area (Å²) in [5, 5.41) is 3.15. The molecule has 0 radical (unpaired) electrons. The molecule has 0 atom stereocenters. The fourth-order valence-corrected chi connectivity index (χ4v) is 5.63. The first-order valence-electron chi connectivity index (χ1n) is 8.41. The van der Waals surface area contributed by atoms with Crippen LogP contribution in [0.15, 0.2) is 18.2 Å². The molecule has 116 valence electrons. The van der Waals surface area contributed by atoms with Gasteiger partial charge in [-0.3, -0.25) is 4.79 Å². The van der Waals surface area contributed by atoms with E-state index in [2.05, 4.69) is 5.32 Å². The van der Waals surface area contributed by atoms with Gasteiger partial charge in [0.05, 0.1) is 5.41 Å². The number of fused-ring (bicyclic) bond motifs is 1. The van der Waals surface area contributed by atoms with Gasteiger partial charge in [0.1, 0.15) is 0 Å². The van der Waals surface area contributed by atoms with E-state index in [1.165, 1.54) is 19.3 Å². The predicted octanol–water partition coefficient (Wildman–Crippen LogP) is 3.57. The Morgan fingerprint density at radius 1 is 1.00 bits per heavy atom. The minimum Gasteiger partial charge on any atom is -0.454 e. The number of rotatable bonds is 2. The maximum atomic E-state index is 13.0. The van der Waals surface area contributed by atoms with Crippen molar-refractivity contribution in [3.05, 3.63) is 18.2 Å². The molecular formula is C18H21NO3. The lowest BCUT2D eigenvalue weighted by atomic mass is 9.49. The van der Waals surface area contributed by atoms with Crippen molar-refractivity contribution in [2.75, 3.05) is 12.1 Å². The predicted molar refractivity (Wildman–Crippen MR) is 81.8 cm³/mol. The van der Waals surface area contributed by atoms with Gasteiger partial charge in [-0.2, -0.15) is 0 Å². The van der Waals surface area contributed by atoms with Crippen molar-refractivity contribution >= 4 is 11.6 Å². The number of hydrogen-bond donors (Lipinski definition) is 1. The van der Waals surface area contributed by atoms with E-state index in [0.29, 0.717) is 0 Å². The Kier molecular flexibility index (Phi) is 2.56. The van der Waals surface area contributed by atoms with Gasteiger partial charge in [0.15, 0.2) is 11.5 Å². The Bertz CT molecular complexity index is 604. The fraction of sp³-hybridized carbons (Fsp3) is 0.611. The smallest absolute Gasteiger partial charge is 0.231 e. The monoisotopic (exact) mass is 299 g/mol. The maximum absolute atomic E-state index is 13.0. The molecule has 4 bridgehead atoms. The number of carbonyl (C=O) groups is 1. The number of hydrogen-bond acceptors (Lipinski definition) is 3. The molecule has 4 nitrogen and oxygen atoms in total. The summed E-state index contributed by atoms with van der Waals surface area (Å²) in [5.74, 6) is 4.07. The second-order valence-corrected chi connectivity index (χ2v) is 7.72. The van der Waals surface area contributed by atoms with E-state index in [4.69, 9.17) is 9.47 Å². The molecule has 0 aromatic heterocycles. The number of ether oxygens (including phenoxy) is 2. The maximum Gasteiger partial charge on any atom is 0.231 e. The number of amides is 1. The van der Waals surface area contributed by atoms with Crippen LogP contribution in [0.25, 0.3) is 0 Å². The lowest BCUT2D eigenvalue weighted by Crippen LogP contribution is -2.51. The highest BCUT2D eigenvalue weighted by atomic mass is 16.7. The van der Waals surface area contributed by atoms with E-state index in [1.54, 1.807) is 0 Å². The van der Waals surface area contributed by atoms with Crippen molar-refractivity contribution in [3.8, 4) is 11.5 Å². The normalized spacial score (nSPS) is 37.4. The molecule has 4 saturated carbocycles. The molecule has 4 heteroatoms. The van der Waals surface area contributed by atoms with Gasteiger partial charge in [-0.15, -0.1) is 0 Å². The highest BCUT2D eigenvalue weighted by Gasteiger charge is 2.54. The summed E-state index contributed by atoms with van der Waals surface area (Å²) in [7, 11) is 0. The van der Waals surface area contributed by atoms with E-state index >= 15 is 0 Å². The summed E-state index contributed by atoms with van der Waals surface area (Å²) in [5.41, 5.74) is 0.718. The average molecular weight is 299 g/mol. The van der Waals surface area contributed by atoms with Gasteiger partial charge >= 0.3 is 0 Å². The van der Waals surface area contributed by atoms with E-state index in [1.807, 2.05) is 18.2 Å². The van der Waals surface area contributed by atoms with Crippen molar-refractivity contribution < 1.29 is 14.3 Å². The topological polar surface area (TPSA) is 47.6 Å². The molecule has 1 N–H and O–H groups in total. The number of benzene rings is 1. The molecule has 5 aliphatic rings. The van der Waals surface area contributed by atoms with Crippen molar-refractivity contribution in [2.24, 2.45) is 23.2 Å². The van der Waals surface area contributed by atoms with Crippen LogP contribution in [0, 0.1) is 23.2 Å². The first-order chi connectivity index (χ1) is 10.7. The van der Waals surface area contributed by atoms with E-state index in [0.717, 1.165) is 54.2 Å². The third kappa shape index (κ3) is 1.86. The van der Waals surface area contributed by atoms with Crippen LogP contribution < -0.4 is 14.8 Å². The van der Waals surface area contributed by atoms with Crippen molar-refractivity contribution in [1.29, 1.82) is 0 Å². The molecule has 1 aliphatic heterocycles. The summed E-state index contributed by atoms with van der Waals surface area (Å²) >= 11 is 0. The molecule has 4 aliphatic carbocycles. The van der Waals surface area contributed by atoms with Crippen LogP contribution in [0.3, 0.4) is 0 Å². The Morgan fingerprint density at radius 3 is 2.32 bits per heavy atom. The molecular weight excluding hydrogens is 278 g/mol. The van der Waals surface area contributed by atoms with Crippen molar-refractivity contribution in [2.45, 2.75) is 38.5 Å². The van der Waals surface area contributed by atoms with Crippen LogP contribution in [-0.4, -0.2) is 12.7 Å². The quantitative estimate of drug-likeness (QED) is 0.908. The minimum atomic E-state index is -0.106. The molecule has 22 heavy (non-hydrogen) atoms. The number of anilines is 1. The van der Waals surface area contributed by atoms with Gasteiger partial charge in [-0.05, 0) is 68.4 Å². The molecule has 1 amide bonds. The standard InChI is InChI=1S/C18H21NO3/c20-17(19-14-1-2-15-16(6-14)22-10-21-15)18-7-11-3-12(8-18)5-13(4-11)9-18/h1-2,6,11-13H,3-5,7-10H2,(H,19,20). The van der Waals surface area contributed by atoms with Gasteiger partial charge in [0, 0.05) is 11.8 Å². The van der Waals surface area contributed by atoms with Crippen LogP contribution in [0.1, 0.15) is 38.5 Å². The second-order valence-electron chi connectivity index (χ2n) is 7.72. The highest BCUT2D eigenvalue weighted by molar-refractivity contribution is 5.96. The van der Waals surface area contributed by atoms with Gasteiger partial charge in [-0.25, -0.2) is 0 Å². The van der Waals surface area contributed by atoms with Crippen LogP contribution in [-0.2, 0) is 4.79 Å². The lowest BCUT2D eigenvalue weighted by Gasteiger charge is -2.55. The molecule has 1 aromatic carbocycles. The van der Waals surface area contributed by atoms with Crippen molar-refractivity contribution in [3.63, 3.8) is 0 Å². The molecule has 0 spiro atoms. The third-order valence-corrected chi connectivity index (χ3v) is 6.15. The first-order valence-corrected chi connectivity index (χ1v) is 8.41. The van der Waals surface area contributed by atoms with Crippen LogP contribution in [0.5, 0.6) is 11.5 Å². The van der Waals surface area contributed by atoms with E-state index < -0.39 is 0 Å². The summed E-state index contributed by atoms with van der Waals surface area (Å²) < 4.78 is 10.7. The Balaban J connectivity index is 1.38. The SMILES string of the molecule is O=C(Nc1ccc2c(c1)OCO2)C12CC3CC(CC(C3)C1)C2. The molecule has 6 rings (SSSR count). The molecule has 0 unspecified atom stereocenters. The average Bonchev–Trinajstić information content (AvgIpc) is 2.93. The number of carbonyl (C=O) groups excluding carboxylic acids is 1. The van der Waals surface area contributed by atoms with Crippen molar-refractivity contribution in [1.82, 2.24) is 0 Å². The zero-order valence-electron chi connectivity index (χ0n) is 12.6. The summed E-state index contributed by atoms with van der Waals surface area (Å²) in [6.45, 7) is 0.266. The minimum absolute atomic E-state index is 0.106. The molecule has 4 fully saturated rings.